The molecule has 0 unspecified atom stereocenters. The monoisotopic (exact) mass is 462 g/mol. The number of hydrogen-bond acceptors (Lipinski definition) is 7. The number of aryl methyl sites for hydroxylation is 2. The van der Waals surface area contributed by atoms with Crippen molar-refractivity contribution in [3.63, 3.8) is 0 Å². The van der Waals surface area contributed by atoms with Gasteiger partial charge in [-0.25, -0.2) is 14.4 Å². The molecule has 0 atom stereocenters. The highest BCUT2D eigenvalue weighted by molar-refractivity contribution is 7.98. The number of hydrogen-bond donors (Lipinski definition) is 1. The molecule has 0 spiro atoms. The van der Waals surface area contributed by atoms with Crippen molar-refractivity contribution in [2.45, 2.75) is 24.8 Å². The summed E-state index contributed by atoms with van der Waals surface area (Å²) in [5, 5.41) is 10.4. The Morgan fingerprint density at radius 3 is 2.50 bits per heavy atom. The van der Waals surface area contributed by atoms with Gasteiger partial charge in [0.2, 0.25) is 0 Å². The van der Waals surface area contributed by atoms with Gasteiger partial charge in [0.1, 0.15) is 22.3 Å². The first-order valence-corrected chi connectivity index (χ1v) is 11.7. The van der Waals surface area contributed by atoms with Crippen LogP contribution in [-0.2, 0) is 5.75 Å². The number of nitrogens with two attached hydrogens (primary N) is 1. The molecule has 0 aliphatic heterocycles. The van der Waals surface area contributed by atoms with E-state index in [9.17, 15) is 4.39 Å². The largest absolute Gasteiger partial charge is 0.383 e. The van der Waals surface area contributed by atoms with E-state index in [1.54, 1.807) is 23.5 Å². The molecule has 6 nitrogen and oxygen atoms in total. The maximum atomic E-state index is 13.5. The van der Waals surface area contributed by atoms with E-state index in [1.165, 1.54) is 28.8 Å². The molecular formula is C23H19FN6S2. The van der Waals surface area contributed by atoms with Crippen molar-refractivity contribution in [1.82, 2.24) is 24.7 Å². The normalized spacial score (nSPS) is 11.3. The van der Waals surface area contributed by atoms with Crippen LogP contribution in [0.3, 0.4) is 0 Å². The molecule has 0 amide bonds. The average Bonchev–Trinajstić information content (AvgIpc) is 3.34. The van der Waals surface area contributed by atoms with Crippen molar-refractivity contribution in [2.75, 3.05) is 5.73 Å². The Kier molecular flexibility index (Phi) is 5.36. The van der Waals surface area contributed by atoms with Crippen LogP contribution in [0.5, 0.6) is 0 Å². The molecule has 0 bridgehead atoms. The third-order valence-electron chi connectivity index (χ3n) is 5.18. The predicted octanol–water partition coefficient (Wildman–Crippen LogP) is 5.57. The maximum absolute atomic E-state index is 13.5. The zero-order valence-corrected chi connectivity index (χ0v) is 19.0. The summed E-state index contributed by atoms with van der Waals surface area (Å²) in [6.45, 7) is 4.10. The Bertz CT molecular complexity index is 1410. The number of rotatable bonds is 5. The molecule has 0 radical (unpaired) electrons. The Morgan fingerprint density at radius 1 is 1.00 bits per heavy atom. The zero-order chi connectivity index (χ0) is 22.2. The van der Waals surface area contributed by atoms with Crippen LogP contribution >= 0.6 is 23.1 Å². The van der Waals surface area contributed by atoms with Crippen molar-refractivity contribution in [3.05, 3.63) is 76.7 Å². The molecule has 0 aliphatic rings. The molecule has 5 rings (SSSR count). The molecule has 5 aromatic rings. The molecule has 0 saturated carbocycles. The molecule has 2 N–H and O–H groups in total. The van der Waals surface area contributed by atoms with Crippen molar-refractivity contribution in [3.8, 4) is 17.1 Å². The predicted molar refractivity (Wildman–Crippen MR) is 128 cm³/mol. The Labute approximate surface area is 192 Å². The van der Waals surface area contributed by atoms with Crippen LogP contribution in [0.1, 0.15) is 16.3 Å². The molecule has 0 saturated heterocycles. The lowest BCUT2D eigenvalue weighted by atomic mass is 10.2. The number of thiophene rings is 1. The fourth-order valence-electron chi connectivity index (χ4n) is 3.48. The van der Waals surface area contributed by atoms with Gasteiger partial charge in [-0.15, -0.1) is 21.5 Å². The highest BCUT2D eigenvalue weighted by Gasteiger charge is 2.18. The van der Waals surface area contributed by atoms with Crippen molar-refractivity contribution >= 4 is 39.1 Å². The summed E-state index contributed by atoms with van der Waals surface area (Å²) >= 11 is 3.09. The summed E-state index contributed by atoms with van der Waals surface area (Å²) in [4.78, 5) is 11.3. The summed E-state index contributed by atoms with van der Waals surface area (Å²) < 4.78 is 15.5. The Hall–Kier alpha value is -3.30. The average molecular weight is 463 g/mol. The third-order valence-corrected chi connectivity index (χ3v) is 7.21. The van der Waals surface area contributed by atoms with Gasteiger partial charge in [-0.2, -0.15) is 0 Å². The van der Waals surface area contributed by atoms with Gasteiger partial charge in [-0.1, -0.05) is 42.1 Å². The Morgan fingerprint density at radius 2 is 1.75 bits per heavy atom. The van der Waals surface area contributed by atoms with Gasteiger partial charge < -0.3 is 5.73 Å². The Balaban J connectivity index is 1.52. The lowest BCUT2D eigenvalue weighted by Gasteiger charge is -2.10. The van der Waals surface area contributed by atoms with Crippen LogP contribution in [0, 0.1) is 19.7 Å². The minimum Gasteiger partial charge on any atom is -0.383 e. The van der Waals surface area contributed by atoms with Crippen molar-refractivity contribution in [2.24, 2.45) is 0 Å². The van der Waals surface area contributed by atoms with Crippen molar-refractivity contribution in [1.29, 1.82) is 0 Å². The standard InChI is InChI=1S/C23H19FN6S2/c1-13-14(2)32-22-19(13)20(25)26-18(27-22)12-31-23-29-28-21(15-6-4-3-5-7-15)30(23)17-10-8-16(24)9-11-17/h3-11H,12H2,1-2H3,(H2,25,26,27). The second kappa shape index (κ2) is 8.33. The van der Waals surface area contributed by atoms with E-state index < -0.39 is 0 Å². The molecule has 3 heterocycles. The van der Waals surface area contributed by atoms with E-state index in [1.807, 2.05) is 41.8 Å². The molecule has 0 aliphatic carbocycles. The zero-order valence-electron chi connectivity index (χ0n) is 17.4. The van der Waals surface area contributed by atoms with E-state index in [4.69, 9.17) is 10.7 Å². The summed E-state index contributed by atoms with van der Waals surface area (Å²) in [6.07, 6.45) is 0. The van der Waals surface area contributed by atoms with Crippen LogP contribution in [-0.4, -0.2) is 24.7 Å². The van der Waals surface area contributed by atoms with E-state index in [0.29, 0.717) is 28.4 Å². The number of aromatic nitrogens is 5. The summed E-state index contributed by atoms with van der Waals surface area (Å²) in [6, 6.07) is 16.1. The highest BCUT2D eigenvalue weighted by Crippen LogP contribution is 2.34. The minimum absolute atomic E-state index is 0.295. The van der Waals surface area contributed by atoms with Crippen LogP contribution < -0.4 is 5.73 Å². The van der Waals surface area contributed by atoms with E-state index in [-0.39, 0.29) is 5.82 Å². The quantitative estimate of drug-likeness (QED) is 0.344. The molecule has 3 aromatic heterocycles. The summed E-state index contributed by atoms with van der Waals surface area (Å²) in [7, 11) is 0. The van der Waals surface area contributed by atoms with Crippen LogP contribution in [0.25, 0.3) is 27.3 Å². The lowest BCUT2D eigenvalue weighted by Crippen LogP contribution is -2.02. The number of anilines is 1. The van der Waals surface area contributed by atoms with Crippen LogP contribution in [0.4, 0.5) is 10.2 Å². The number of halogens is 1. The van der Waals surface area contributed by atoms with Gasteiger partial charge in [0, 0.05) is 16.1 Å². The number of nitrogen functional groups attached to an aromatic ring is 1. The van der Waals surface area contributed by atoms with Gasteiger partial charge >= 0.3 is 0 Å². The highest BCUT2D eigenvalue weighted by atomic mass is 32.2. The van der Waals surface area contributed by atoms with Gasteiger partial charge in [0.25, 0.3) is 0 Å². The van der Waals surface area contributed by atoms with Crippen molar-refractivity contribution < 1.29 is 4.39 Å². The number of thioether (sulfide) groups is 1. The third kappa shape index (κ3) is 3.74. The second-order valence-corrected chi connectivity index (χ2v) is 9.41. The van der Waals surface area contributed by atoms with Crippen LogP contribution in [0.2, 0.25) is 0 Å². The fraction of sp³-hybridized carbons (Fsp3) is 0.130. The topological polar surface area (TPSA) is 82.5 Å². The molecule has 0 fully saturated rings. The number of fused-ring (bicyclic) bond motifs is 1. The second-order valence-electron chi connectivity index (χ2n) is 7.26. The van der Waals surface area contributed by atoms with E-state index in [2.05, 4.69) is 22.1 Å². The van der Waals surface area contributed by atoms with E-state index in [0.717, 1.165) is 27.0 Å². The molecule has 160 valence electrons. The van der Waals surface area contributed by atoms with Crippen LogP contribution in [0.15, 0.2) is 59.8 Å². The van der Waals surface area contributed by atoms with E-state index >= 15 is 0 Å². The molecular weight excluding hydrogens is 443 g/mol. The fourth-order valence-corrected chi connectivity index (χ4v) is 5.34. The first kappa shape index (κ1) is 20.6. The lowest BCUT2D eigenvalue weighted by molar-refractivity contribution is 0.627. The summed E-state index contributed by atoms with van der Waals surface area (Å²) in [5.74, 6) is 1.99. The van der Waals surface area contributed by atoms with Gasteiger partial charge in [-0.05, 0) is 43.7 Å². The summed E-state index contributed by atoms with van der Waals surface area (Å²) in [5.41, 5.74) is 9.06. The first-order chi connectivity index (χ1) is 15.5. The molecule has 32 heavy (non-hydrogen) atoms. The van der Waals surface area contributed by atoms with Gasteiger partial charge in [0.15, 0.2) is 11.0 Å². The first-order valence-electron chi connectivity index (χ1n) is 9.93. The number of benzene rings is 2. The van der Waals surface area contributed by atoms with Gasteiger partial charge in [0.05, 0.1) is 11.1 Å². The smallest absolute Gasteiger partial charge is 0.196 e. The SMILES string of the molecule is Cc1sc2nc(CSc3nnc(-c4ccccc4)n3-c3ccc(F)cc3)nc(N)c2c1C. The minimum atomic E-state index is -0.295. The maximum Gasteiger partial charge on any atom is 0.196 e. The molecule has 2 aromatic carbocycles. The number of nitrogens with zero attached hydrogens (tertiary/aromatic N) is 5. The van der Waals surface area contributed by atoms with Gasteiger partial charge in [-0.3, -0.25) is 4.57 Å². The molecule has 9 heteroatoms.